The minimum Gasteiger partial charge on any atom is -0.349 e. The molecule has 1 heterocycles. The molecule has 1 amide bonds. The van der Waals surface area contributed by atoms with Crippen molar-refractivity contribution >= 4 is 29.4 Å². The minimum absolute atomic E-state index is 0.000821. The van der Waals surface area contributed by atoms with Crippen LogP contribution in [-0.4, -0.2) is 16.9 Å². The van der Waals surface area contributed by atoms with Crippen molar-refractivity contribution in [1.82, 2.24) is 10.3 Å². The van der Waals surface area contributed by atoms with Crippen LogP contribution < -0.4 is 5.32 Å². The maximum absolute atomic E-state index is 12.6. The van der Waals surface area contributed by atoms with Gasteiger partial charge >= 0.3 is 0 Å². The van der Waals surface area contributed by atoms with Gasteiger partial charge in [-0.2, -0.15) is 0 Å². The number of carbonyl (C=O) groups is 1. The number of carbonyl (C=O) groups excluding carboxylic acids is 1. The molecular weight excluding hydrogens is 280 g/mol. The van der Waals surface area contributed by atoms with E-state index in [-0.39, 0.29) is 5.91 Å². The van der Waals surface area contributed by atoms with Gasteiger partial charge in [-0.3, -0.25) is 9.78 Å². The van der Waals surface area contributed by atoms with Crippen LogP contribution in [0.2, 0.25) is 0 Å². The standard InChI is InChI=1S/C17H20N2OS/c1-11-4-6-12(7-5-11)19-17(20)14-8-9-15(21)16-13(14)3-2-10-18-16/h2-3,8-12,21H,4-7H2,1H3,(H,19,20). The summed E-state index contributed by atoms with van der Waals surface area (Å²) >= 11 is 4.41. The number of thiol groups is 1. The van der Waals surface area contributed by atoms with E-state index in [0.717, 1.165) is 34.6 Å². The predicted molar refractivity (Wildman–Crippen MR) is 87.9 cm³/mol. The van der Waals surface area contributed by atoms with E-state index in [0.29, 0.717) is 11.6 Å². The Hall–Kier alpha value is -1.55. The van der Waals surface area contributed by atoms with Crippen LogP contribution in [0.15, 0.2) is 35.4 Å². The molecule has 21 heavy (non-hydrogen) atoms. The zero-order valence-electron chi connectivity index (χ0n) is 12.2. The molecule has 110 valence electrons. The Bertz CT molecular complexity index is 663. The molecule has 1 aliphatic carbocycles. The Morgan fingerprint density at radius 2 is 2.00 bits per heavy atom. The Kier molecular flexibility index (Phi) is 4.15. The second kappa shape index (κ2) is 6.06. The molecule has 1 fully saturated rings. The molecule has 1 N–H and O–H groups in total. The lowest BCUT2D eigenvalue weighted by Gasteiger charge is -2.27. The molecule has 3 nitrogen and oxygen atoms in total. The molecule has 2 aromatic rings. The second-order valence-corrected chi connectivity index (χ2v) is 6.44. The molecular formula is C17H20N2OS. The van der Waals surface area contributed by atoms with Crippen molar-refractivity contribution in [3.8, 4) is 0 Å². The molecule has 0 radical (unpaired) electrons. The van der Waals surface area contributed by atoms with E-state index in [9.17, 15) is 4.79 Å². The molecule has 1 aliphatic rings. The van der Waals surface area contributed by atoms with E-state index >= 15 is 0 Å². The van der Waals surface area contributed by atoms with Crippen LogP contribution in [0.5, 0.6) is 0 Å². The van der Waals surface area contributed by atoms with Crippen molar-refractivity contribution in [3.63, 3.8) is 0 Å². The molecule has 1 aromatic carbocycles. The first-order chi connectivity index (χ1) is 10.1. The third-order valence-corrected chi connectivity index (χ3v) is 4.70. The molecule has 0 aliphatic heterocycles. The summed E-state index contributed by atoms with van der Waals surface area (Å²) in [6.07, 6.45) is 6.28. The van der Waals surface area contributed by atoms with Crippen molar-refractivity contribution in [2.45, 2.75) is 43.5 Å². The summed E-state index contributed by atoms with van der Waals surface area (Å²) in [4.78, 5) is 17.7. The van der Waals surface area contributed by atoms with Gasteiger partial charge in [0.25, 0.3) is 5.91 Å². The van der Waals surface area contributed by atoms with E-state index in [1.807, 2.05) is 24.3 Å². The number of pyridine rings is 1. The highest BCUT2D eigenvalue weighted by molar-refractivity contribution is 7.80. The monoisotopic (exact) mass is 300 g/mol. The van der Waals surface area contributed by atoms with Gasteiger partial charge in [-0.15, -0.1) is 12.6 Å². The number of fused-ring (bicyclic) bond motifs is 1. The fraction of sp³-hybridized carbons (Fsp3) is 0.412. The lowest BCUT2D eigenvalue weighted by atomic mass is 9.87. The number of hydrogen-bond donors (Lipinski definition) is 2. The van der Waals surface area contributed by atoms with Crippen molar-refractivity contribution in [2.24, 2.45) is 5.92 Å². The summed E-state index contributed by atoms with van der Waals surface area (Å²) in [6.45, 7) is 2.28. The zero-order chi connectivity index (χ0) is 14.8. The number of nitrogens with one attached hydrogen (secondary N) is 1. The van der Waals surface area contributed by atoms with E-state index in [4.69, 9.17) is 0 Å². The first-order valence-electron chi connectivity index (χ1n) is 7.52. The number of nitrogens with zero attached hydrogens (tertiary/aromatic N) is 1. The highest BCUT2D eigenvalue weighted by atomic mass is 32.1. The summed E-state index contributed by atoms with van der Waals surface area (Å²) in [6, 6.07) is 7.77. The molecule has 1 aromatic heterocycles. The van der Waals surface area contributed by atoms with Gasteiger partial charge in [0.1, 0.15) is 0 Å². The summed E-state index contributed by atoms with van der Waals surface area (Å²) in [7, 11) is 0. The van der Waals surface area contributed by atoms with E-state index in [1.54, 1.807) is 6.20 Å². The van der Waals surface area contributed by atoms with Gasteiger partial charge in [0.15, 0.2) is 0 Å². The number of aromatic nitrogens is 1. The van der Waals surface area contributed by atoms with Crippen LogP contribution in [-0.2, 0) is 0 Å². The van der Waals surface area contributed by atoms with E-state index in [1.165, 1.54) is 12.8 Å². The summed E-state index contributed by atoms with van der Waals surface area (Å²) in [5.74, 6) is 0.785. The highest BCUT2D eigenvalue weighted by Gasteiger charge is 2.21. The molecule has 0 atom stereocenters. The first-order valence-corrected chi connectivity index (χ1v) is 7.97. The van der Waals surface area contributed by atoms with Gasteiger partial charge in [-0.25, -0.2) is 0 Å². The molecule has 3 rings (SSSR count). The Balaban J connectivity index is 1.83. The average Bonchev–Trinajstić information content (AvgIpc) is 2.50. The predicted octanol–water partition coefficient (Wildman–Crippen LogP) is 3.83. The zero-order valence-corrected chi connectivity index (χ0v) is 13.1. The largest absolute Gasteiger partial charge is 0.349 e. The Morgan fingerprint density at radius 3 is 2.76 bits per heavy atom. The number of hydrogen-bond acceptors (Lipinski definition) is 3. The first kappa shape index (κ1) is 14.4. The van der Waals surface area contributed by atoms with Crippen LogP contribution in [0.25, 0.3) is 10.9 Å². The second-order valence-electron chi connectivity index (χ2n) is 5.96. The van der Waals surface area contributed by atoms with Gasteiger partial charge in [-0.1, -0.05) is 13.0 Å². The normalized spacial score (nSPS) is 22.2. The van der Waals surface area contributed by atoms with E-state index in [2.05, 4.69) is 29.9 Å². The lowest BCUT2D eigenvalue weighted by Crippen LogP contribution is -2.37. The van der Waals surface area contributed by atoms with Crippen molar-refractivity contribution < 1.29 is 4.79 Å². The fourth-order valence-corrected chi connectivity index (χ4v) is 3.28. The summed E-state index contributed by atoms with van der Waals surface area (Å²) < 4.78 is 0. The highest BCUT2D eigenvalue weighted by Crippen LogP contribution is 2.26. The third-order valence-electron chi connectivity index (χ3n) is 4.34. The van der Waals surface area contributed by atoms with Gasteiger partial charge in [0.05, 0.1) is 5.52 Å². The summed E-state index contributed by atoms with van der Waals surface area (Å²) in [5.41, 5.74) is 1.47. The van der Waals surface area contributed by atoms with Crippen LogP contribution in [0.3, 0.4) is 0 Å². The van der Waals surface area contributed by atoms with Gasteiger partial charge < -0.3 is 5.32 Å². The maximum atomic E-state index is 12.6. The fourth-order valence-electron chi connectivity index (χ4n) is 3.02. The van der Waals surface area contributed by atoms with Gasteiger partial charge in [0, 0.05) is 28.1 Å². The quantitative estimate of drug-likeness (QED) is 0.828. The topological polar surface area (TPSA) is 42.0 Å². The lowest BCUT2D eigenvalue weighted by molar-refractivity contribution is 0.0924. The number of rotatable bonds is 2. The SMILES string of the molecule is CC1CCC(NC(=O)c2ccc(S)c3ncccc23)CC1. The molecule has 4 heteroatoms. The number of benzene rings is 1. The molecule has 0 unspecified atom stereocenters. The van der Waals surface area contributed by atoms with Gasteiger partial charge in [0.2, 0.25) is 0 Å². The average molecular weight is 300 g/mol. The van der Waals surface area contributed by atoms with Crippen LogP contribution in [0.1, 0.15) is 43.0 Å². The smallest absolute Gasteiger partial charge is 0.252 e. The molecule has 0 bridgehead atoms. The van der Waals surface area contributed by atoms with Crippen LogP contribution >= 0.6 is 12.6 Å². The van der Waals surface area contributed by atoms with Crippen LogP contribution in [0.4, 0.5) is 0 Å². The Morgan fingerprint density at radius 1 is 1.24 bits per heavy atom. The van der Waals surface area contributed by atoms with Crippen molar-refractivity contribution in [2.75, 3.05) is 0 Å². The van der Waals surface area contributed by atoms with Crippen LogP contribution in [0, 0.1) is 5.92 Å². The third kappa shape index (κ3) is 3.05. The number of amides is 1. The van der Waals surface area contributed by atoms with Gasteiger partial charge in [-0.05, 0) is 49.8 Å². The minimum atomic E-state index is 0.000821. The van der Waals surface area contributed by atoms with E-state index < -0.39 is 0 Å². The molecule has 1 saturated carbocycles. The molecule has 0 spiro atoms. The molecule has 0 saturated heterocycles. The van der Waals surface area contributed by atoms with Crippen molar-refractivity contribution in [3.05, 3.63) is 36.0 Å². The van der Waals surface area contributed by atoms with Crippen molar-refractivity contribution in [1.29, 1.82) is 0 Å². The summed E-state index contributed by atoms with van der Waals surface area (Å²) in [5, 5.41) is 4.04. The maximum Gasteiger partial charge on any atom is 0.252 e. The Labute approximate surface area is 130 Å².